The Balaban J connectivity index is 2.18. The molecule has 0 aliphatic carbocycles. The molecule has 9 heteroatoms. The number of nitrogens with one attached hydrogen (secondary N) is 1. The molecule has 168 valence electrons. The van der Waals surface area contributed by atoms with Gasteiger partial charge >= 0.3 is 5.97 Å². The van der Waals surface area contributed by atoms with E-state index in [-0.39, 0.29) is 23.1 Å². The van der Waals surface area contributed by atoms with Crippen LogP contribution >= 0.6 is 0 Å². The minimum absolute atomic E-state index is 0.0918. The quantitative estimate of drug-likeness (QED) is 0.433. The number of carbonyl (C=O) groups is 1. The molecule has 0 saturated heterocycles. The molecular weight excluding hydrogens is 423 g/mol. The second-order valence-corrected chi connectivity index (χ2v) is 8.38. The molecule has 0 aliphatic heterocycles. The van der Waals surface area contributed by atoms with Crippen LogP contribution in [0.3, 0.4) is 0 Å². The highest BCUT2D eigenvalue weighted by atomic mass is 19.1. The van der Waals surface area contributed by atoms with Gasteiger partial charge in [0.1, 0.15) is 11.3 Å². The molecule has 0 unspecified atom stereocenters. The van der Waals surface area contributed by atoms with E-state index in [4.69, 9.17) is 4.74 Å². The van der Waals surface area contributed by atoms with Crippen molar-refractivity contribution in [2.45, 2.75) is 31.9 Å². The number of halogens is 3. The zero-order valence-corrected chi connectivity index (χ0v) is 17.7. The molecule has 0 radical (unpaired) electrons. The number of ether oxygens (including phenoxy) is 1. The minimum Gasteiger partial charge on any atom is -0.479 e. The highest BCUT2D eigenvalue weighted by Gasteiger charge is 2.35. The molecule has 4 aromatic rings. The maximum atomic E-state index is 15.7. The Morgan fingerprint density at radius 3 is 2.59 bits per heavy atom. The van der Waals surface area contributed by atoms with Crippen LogP contribution in [-0.2, 0) is 21.4 Å². The number of H-pyrrole nitrogens is 1. The van der Waals surface area contributed by atoms with Crippen molar-refractivity contribution in [3.05, 3.63) is 59.4 Å². The average molecular weight is 445 g/mol. The number of benzene rings is 2. The molecule has 0 fully saturated rings. The molecule has 0 aliphatic rings. The lowest BCUT2D eigenvalue weighted by atomic mass is 9.85. The van der Waals surface area contributed by atoms with Gasteiger partial charge < -0.3 is 14.4 Å². The number of carboxylic acid groups (broad SMARTS) is 1. The fourth-order valence-electron chi connectivity index (χ4n) is 4.34. The lowest BCUT2D eigenvalue weighted by Crippen LogP contribution is -2.29. The SMILES string of the molecule is COCC(C)(C)c1c(C[C@H](F)C(=O)O)c2c(F)c3[nH]ncc3cc2n1-c1ccc(F)cc1. The summed E-state index contributed by atoms with van der Waals surface area (Å²) in [7, 11) is 1.51. The normalized spacial score (nSPS) is 13.2. The Kier molecular flexibility index (Phi) is 5.46. The van der Waals surface area contributed by atoms with Crippen LogP contribution in [0.15, 0.2) is 36.5 Å². The topological polar surface area (TPSA) is 80.1 Å². The van der Waals surface area contributed by atoms with Gasteiger partial charge in [-0.3, -0.25) is 5.10 Å². The lowest BCUT2D eigenvalue weighted by molar-refractivity contribution is -0.142. The predicted molar refractivity (Wildman–Crippen MR) is 114 cm³/mol. The Morgan fingerprint density at radius 1 is 1.28 bits per heavy atom. The van der Waals surface area contributed by atoms with Crippen LogP contribution in [0.25, 0.3) is 27.5 Å². The third-order valence-electron chi connectivity index (χ3n) is 5.59. The van der Waals surface area contributed by atoms with Crippen LogP contribution in [0.4, 0.5) is 13.2 Å². The molecule has 0 bridgehead atoms. The molecule has 0 spiro atoms. The van der Waals surface area contributed by atoms with Crippen LogP contribution in [0, 0.1) is 11.6 Å². The van der Waals surface area contributed by atoms with Gasteiger partial charge in [0, 0.05) is 41.1 Å². The van der Waals surface area contributed by atoms with Gasteiger partial charge in [-0.2, -0.15) is 5.10 Å². The number of methoxy groups -OCH3 is 1. The van der Waals surface area contributed by atoms with Crippen molar-refractivity contribution in [3.8, 4) is 5.69 Å². The number of aromatic nitrogens is 3. The van der Waals surface area contributed by atoms with Gasteiger partial charge in [-0.25, -0.2) is 18.0 Å². The van der Waals surface area contributed by atoms with Gasteiger partial charge in [-0.1, -0.05) is 13.8 Å². The molecule has 4 rings (SSSR count). The maximum absolute atomic E-state index is 15.7. The smallest absolute Gasteiger partial charge is 0.338 e. The van der Waals surface area contributed by atoms with Crippen molar-refractivity contribution in [3.63, 3.8) is 0 Å². The number of aliphatic carboxylic acids is 1. The van der Waals surface area contributed by atoms with Crippen molar-refractivity contribution < 1.29 is 27.8 Å². The summed E-state index contributed by atoms with van der Waals surface area (Å²) >= 11 is 0. The number of hydrogen-bond donors (Lipinski definition) is 2. The van der Waals surface area contributed by atoms with E-state index in [1.54, 1.807) is 10.6 Å². The first-order valence-corrected chi connectivity index (χ1v) is 9.96. The van der Waals surface area contributed by atoms with Gasteiger partial charge in [0.25, 0.3) is 0 Å². The number of hydrogen-bond acceptors (Lipinski definition) is 3. The second kappa shape index (κ2) is 7.98. The summed E-state index contributed by atoms with van der Waals surface area (Å²) in [4.78, 5) is 11.3. The number of nitrogens with zero attached hydrogens (tertiary/aromatic N) is 2. The molecule has 0 amide bonds. The third-order valence-corrected chi connectivity index (χ3v) is 5.59. The van der Waals surface area contributed by atoms with E-state index < -0.39 is 35.6 Å². The molecule has 2 heterocycles. The largest absolute Gasteiger partial charge is 0.479 e. The summed E-state index contributed by atoms with van der Waals surface area (Å²) in [5, 5.41) is 16.3. The van der Waals surface area contributed by atoms with Gasteiger partial charge in [0.05, 0.1) is 18.3 Å². The summed E-state index contributed by atoms with van der Waals surface area (Å²) in [5.41, 5.74) is 0.995. The second-order valence-electron chi connectivity index (χ2n) is 8.38. The fraction of sp³-hybridized carbons (Fsp3) is 0.304. The number of aromatic amines is 1. The van der Waals surface area contributed by atoms with E-state index in [1.807, 2.05) is 13.8 Å². The van der Waals surface area contributed by atoms with Crippen LogP contribution < -0.4 is 0 Å². The Hall–Kier alpha value is -3.33. The van der Waals surface area contributed by atoms with Crippen molar-refractivity contribution in [2.24, 2.45) is 0 Å². The Bertz CT molecular complexity index is 1310. The van der Waals surface area contributed by atoms with E-state index in [1.165, 1.54) is 37.6 Å². The standard InChI is InChI=1S/C23H22F3N3O3/c1-23(2,11-32-3)21-15(9-16(25)22(30)31)18-17(8-12-10-27-28-20(12)19(18)26)29(21)14-6-4-13(24)5-7-14/h4-8,10,16H,9,11H2,1-3H3,(H,27,28)(H,30,31)/t16-/m0/s1. The van der Waals surface area contributed by atoms with Gasteiger partial charge in [-0.15, -0.1) is 0 Å². The number of carboxylic acids is 1. The van der Waals surface area contributed by atoms with Crippen molar-refractivity contribution in [2.75, 3.05) is 13.7 Å². The molecule has 2 aromatic heterocycles. The first-order chi connectivity index (χ1) is 15.2. The Labute approximate surface area is 181 Å². The van der Waals surface area contributed by atoms with Crippen molar-refractivity contribution in [1.82, 2.24) is 14.8 Å². The van der Waals surface area contributed by atoms with Gasteiger partial charge in [0.2, 0.25) is 6.17 Å². The van der Waals surface area contributed by atoms with Crippen molar-refractivity contribution in [1.29, 1.82) is 0 Å². The first-order valence-electron chi connectivity index (χ1n) is 9.96. The molecule has 1 atom stereocenters. The summed E-state index contributed by atoms with van der Waals surface area (Å²) in [5.74, 6) is -2.73. The maximum Gasteiger partial charge on any atom is 0.338 e. The average Bonchev–Trinajstić information content (AvgIpc) is 3.32. The van der Waals surface area contributed by atoms with Crippen LogP contribution in [0.5, 0.6) is 0 Å². The van der Waals surface area contributed by atoms with Crippen LogP contribution in [0.1, 0.15) is 25.1 Å². The molecule has 32 heavy (non-hydrogen) atoms. The summed E-state index contributed by atoms with van der Waals surface area (Å²) in [6, 6.07) is 7.31. The summed E-state index contributed by atoms with van der Waals surface area (Å²) < 4.78 is 51.0. The highest BCUT2D eigenvalue weighted by molar-refractivity contribution is 6.00. The molecule has 0 saturated carbocycles. The van der Waals surface area contributed by atoms with E-state index in [9.17, 15) is 18.7 Å². The van der Waals surface area contributed by atoms with Crippen LogP contribution in [0.2, 0.25) is 0 Å². The summed E-state index contributed by atoms with van der Waals surface area (Å²) in [6.45, 7) is 3.88. The first kappa shape index (κ1) is 21.9. The van der Waals surface area contributed by atoms with Crippen molar-refractivity contribution >= 4 is 27.8 Å². The zero-order valence-electron chi connectivity index (χ0n) is 17.7. The van der Waals surface area contributed by atoms with E-state index >= 15 is 4.39 Å². The third kappa shape index (κ3) is 3.52. The lowest BCUT2D eigenvalue weighted by Gasteiger charge is -2.28. The Morgan fingerprint density at radius 2 is 1.97 bits per heavy atom. The van der Waals surface area contributed by atoms with Gasteiger partial charge in [-0.05, 0) is 35.9 Å². The number of fused-ring (bicyclic) bond motifs is 2. The van der Waals surface area contributed by atoms with E-state index in [0.717, 1.165) is 0 Å². The molecular formula is C23H22F3N3O3. The predicted octanol–water partition coefficient (Wildman–Crippen LogP) is 4.67. The minimum atomic E-state index is -2.24. The number of rotatable bonds is 7. The van der Waals surface area contributed by atoms with E-state index in [2.05, 4.69) is 10.2 Å². The van der Waals surface area contributed by atoms with Crippen LogP contribution in [-0.4, -0.2) is 45.7 Å². The van der Waals surface area contributed by atoms with E-state index in [0.29, 0.717) is 22.3 Å². The zero-order chi connectivity index (χ0) is 23.2. The molecule has 2 aromatic carbocycles. The molecule has 6 nitrogen and oxygen atoms in total. The highest BCUT2D eigenvalue weighted by Crippen LogP contribution is 2.41. The van der Waals surface area contributed by atoms with Gasteiger partial charge in [0.15, 0.2) is 5.82 Å². The fourth-order valence-corrected chi connectivity index (χ4v) is 4.34. The summed E-state index contributed by atoms with van der Waals surface area (Å²) in [6.07, 6.45) is -1.32. The number of alkyl halides is 1. The molecule has 2 N–H and O–H groups in total. The monoisotopic (exact) mass is 445 g/mol.